The maximum atomic E-state index is 11.0. The van der Waals surface area contributed by atoms with Crippen LogP contribution in [0.25, 0.3) is 0 Å². The molecular weight excluding hydrogens is 287 g/mol. The van der Waals surface area contributed by atoms with Gasteiger partial charge in [-0.2, -0.15) is 0 Å². The molecule has 5 heteroatoms. The van der Waals surface area contributed by atoms with E-state index in [1.807, 2.05) is 6.07 Å². The van der Waals surface area contributed by atoms with Gasteiger partial charge in [0.15, 0.2) is 0 Å². The Kier molecular flexibility index (Phi) is 8.02. The number of hydrogen-bond acceptors (Lipinski definition) is 3. The topological polar surface area (TPSA) is 69.6 Å². The van der Waals surface area contributed by atoms with Crippen LogP contribution in [0, 0.1) is 0 Å². The van der Waals surface area contributed by atoms with Gasteiger partial charge in [-0.3, -0.25) is 4.57 Å². The van der Waals surface area contributed by atoms with Crippen LogP contribution >= 0.6 is 7.82 Å². The van der Waals surface area contributed by atoms with Gasteiger partial charge < -0.3 is 14.3 Å². The second-order valence-corrected chi connectivity index (χ2v) is 6.49. The van der Waals surface area contributed by atoms with Crippen LogP contribution < -0.4 is 9.42 Å². The highest BCUT2D eigenvalue weighted by Gasteiger charge is 2.13. The number of benzene rings is 1. The van der Waals surface area contributed by atoms with Crippen LogP contribution in [-0.4, -0.2) is 4.89 Å². The molecular formula is C16H26O4P-. The van der Waals surface area contributed by atoms with Crippen LogP contribution in [-0.2, 0) is 17.4 Å². The molecule has 1 aromatic carbocycles. The summed E-state index contributed by atoms with van der Waals surface area (Å²) in [6, 6.07) is 5.43. The van der Waals surface area contributed by atoms with Crippen LogP contribution in [0.4, 0.5) is 0 Å². The van der Waals surface area contributed by atoms with Crippen LogP contribution in [0.5, 0.6) is 5.75 Å². The molecule has 0 bridgehead atoms. The quantitative estimate of drug-likeness (QED) is 0.524. The summed E-state index contributed by atoms with van der Waals surface area (Å²) < 4.78 is 15.8. The van der Waals surface area contributed by atoms with Gasteiger partial charge in [0.1, 0.15) is 5.75 Å². The lowest BCUT2D eigenvalue weighted by Crippen LogP contribution is -2.08. The fourth-order valence-electron chi connectivity index (χ4n) is 2.46. The SMILES string of the molecule is CCCCCc1cccc(OP(=O)([O-])O)c1CCCCC. The van der Waals surface area contributed by atoms with Gasteiger partial charge in [0.25, 0.3) is 0 Å². The second kappa shape index (κ2) is 9.24. The first-order valence-corrected chi connectivity index (χ1v) is 9.31. The molecule has 1 aromatic rings. The first-order chi connectivity index (χ1) is 9.98. The molecule has 0 radical (unpaired) electrons. The minimum absolute atomic E-state index is 0.279. The number of rotatable bonds is 10. The summed E-state index contributed by atoms with van der Waals surface area (Å²) in [5.74, 6) is 0.279. The highest BCUT2D eigenvalue weighted by molar-refractivity contribution is 7.45. The van der Waals surface area contributed by atoms with E-state index in [1.54, 1.807) is 12.1 Å². The highest BCUT2D eigenvalue weighted by atomic mass is 31.2. The standard InChI is InChI=1S/C16H27O4P/c1-3-5-7-10-14-11-9-13-16(20-21(17,18)19)15(14)12-8-6-4-2/h9,11,13H,3-8,10,12H2,1-2H3,(H2,17,18,19)/p-1. The van der Waals surface area contributed by atoms with E-state index in [0.717, 1.165) is 62.5 Å². The molecule has 1 unspecified atom stereocenters. The Hall–Kier alpha value is -0.830. The highest BCUT2D eigenvalue weighted by Crippen LogP contribution is 2.37. The van der Waals surface area contributed by atoms with Crippen molar-refractivity contribution >= 4 is 7.82 Å². The lowest BCUT2D eigenvalue weighted by molar-refractivity contribution is -0.211. The van der Waals surface area contributed by atoms with Gasteiger partial charge in [0.2, 0.25) is 0 Å². The number of phosphoric acid groups is 1. The van der Waals surface area contributed by atoms with Gasteiger partial charge in [0.05, 0.1) is 0 Å². The van der Waals surface area contributed by atoms with Crippen molar-refractivity contribution in [2.24, 2.45) is 0 Å². The summed E-state index contributed by atoms with van der Waals surface area (Å²) in [7, 11) is -4.76. The molecule has 0 heterocycles. The molecule has 0 saturated carbocycles. The third-order valence-corrected chi connectivity index (χ3v) is 3.95. The normalized spacial score (nSPS) is 13.9. The van der Waals surface area contributed by atoms with Gasteiger partial charge in [-0.25, -0.2) is 0 Å². The fraction of sp³-hybridized carbons (Fsp3) is 0.625. The molecule has 1 atom stereocenters. The average molecular weight is 313 g/mol. The minimum Gasteiger partial charge on any atom is -0.746 e. The Morgan fingerprint density at radius 3 is 2.29 bits per heavy atom. The average Bonchev–Trinajstić information content (AvgIpc) is 2.40. The Balaban J connectivity index is 2.93. The summed E-state index contributed by atoms with van der Waals surface area (Å²) in [5, 5.41) is 0. The zero-order valence-electron chi connectivity index (χ0n) is 13.0. The number of hydrogen-bond donors (Lipinski definition) is 1. The Morgan fingerprint density at radius 1 is 1.10 bits per heavy atom. The van der Waals surface area contributed by atoms with Crippen molar-refractivity contribution in [3.05, 3.63) is 29.3 Å². The molecule has 120 valence electrons. The maximum absolute atomic E-state index is 11.0. The van der Waals surface area contributed by atoms with Gasteiger partial charge in [0, 0.05) is 0 Å². The van der Waals surface area contributed by atoms with E-state index in [1.165, 1.54) is 0 Å². The summed E-state index contributed by atoms with van der Waals surface area (Å²) in [4.78, 5) is 20.0. The molecule has 4 nitrogen and oxygen atoms in total. The molecule has 0 aliphatic carbocycles. The Labute approximate surface area is 127 Å². The number of aryl methyl sites for hydroxylation is 1. The van der Waals surface area contributed by atoms with Crippen molar-refractivity contribution in [1.29, 1.82) is 0 Å². The third kappa shape index (κ3) is 7.12. The first-order valence-electron chi connectivity index (χ1n) is 7.82. The summed E-state index contributed by atoms with van der Waals surface area (Å²) in [6.45, 7) is 4.28. The Morgan fingerprint density at radius 2 is 1.71 bits per heavy atom. The molecule has 21 heavy (non-hydrogen) atoms. The van der Waals surface area contributed by atoms with Crippen molar-refractivity contribution in [1.82, 2.24) is 0 Å². The number of unbranched alkanes of at least 4 members (excludes halogenated alkanes) is 4. The Bertz CT molecular complexity index is 467. The van der Waals surface area contributed by atoms with Gasteiger partial charge in [-0.1, -0.05) is 51.7 Å². The van der Waals surface area contributed by atoms with E-state index in [9.17, 15) is 9.46 Å². The first kappa shape index (κ1) is 18.2. The van der Waals surface area contributed by atoms with Crippen LogP contribution in [0.2, 0.25) is 0 Å². The van der Waals surface area contributed by atoms with E-state index in [2.05, 4.69) is 13.8 Å². The van der Waals surface area contributed by atoms with E-state index in [4.69, 9.17) is 9.42 Å². The van der Waals surface area contributed by atoms with Gasteiger partial charge >= 0.3 is 7.82 Å². The number of phosphoric ester groups is 1. The van der Waals surface area contributed by atoms with Crippen LogP contribution in [0.15, 0.2) is 18.2 Å². The summed E-state index contributed by atoms with van der Waals surface area (Å²) in [5.41, 5.74) is 2.05. The molecule has 1 N–H and O–H groups in total. The van der Waals surface area contributed by atoms with Gasteiger partial charge in [-0.05, 0) is 42.9 Å². The molecule has 0 aliphatic rings. The molecule has 0 amide bonds. The fourth-order valence-corrected chi connectivity index (χ4v) is 2.88. The van der Waals surface area contributed by atoms with Gasteiger partial charge in [-0.15, -0.1) is 0 Å². The zero-order chi connectivity index (χ0) is 15.7. The largest absolute Gasteiger partial charge is 0.746 e. The zero-order valence-corrected chi connectivity index (χ0v) is 13.9. The van der Waals surface area contributed by atoms with E-state index in [0.29, 0.717) is 0 Å². The molecule has 0 fully saturated rings. The van der Waals surface area contributed by atoms with E-state index >= 15 is 0 Å². The molecule has 1 rings (SSSR count). The van der Waals surface area contributed by atoms with E-state index in [-0.39, 0.29) is 5.75 Å². The van der Waals surface area contributed by atoms with Crippen molar-refractivity contribution in [3.8, 4) is 5.75 Å². The second-order valence-electron chi connectivity index (χ2n) is 5.37. The van der Waals surface area contributed by atoms with Crippen molar-refractivity contribution in [2.75, 3.05) is 0 Å². The van der Waals surface area contributed by atoms with Crippen LogP contribution in [0.1, 0.15) is 63.5 Å². The third-order valence-electron chi connectivity index (χ3n) is 3.52. The van der Waals surface area contributed by atoms with Crippen molar-refractivity contribution in [2.45, 2.75) is 65.2 Å². The predicted octanol–water partition coefficient (Wildman–Crippen LogP) is 3.99. The van der Waals surface area contributed by atoms with Crippen molar-refractivity contribution in [3.63, 3.8) is 0 Å². The van der Waals surface area contributed by atoms with E-state index < -0.39 is 7.82 Å². The molecule has 0 saturated heterocycles. The van der Waals surface area contributed by atoms with Crippen LogP contribution in [0.3, 0.4) is 0 Å². The van der Waals surface area contributed by atoms with Crippen molar-refractivity contribution < 1.29 is 18.9 Å². The summed E-state index contributed by atoms with van der Waals surface area (Å²) >= 11 is 0. The smallest absolute Gasteiger partial charge is 0.317 e. The minimum atomic E-state index is -4.76. The molecule has 0 aliphatic heterocycles. The lowest BCUT2D eigenvalue weighted by atomic mass is 9.96. The maximum Gasteiger partial charge on any atom is 0.317 e. The lowest BCUT2D eigenvalue weighted by Gasteiger charge is -2.21. The predicted molar refractivity (Wildman–Crippen MR) is 83.4 cm³/mol. The molecule has 0 spiro atoms. The monoisotopic (exact) mass is 313 g/mol. The molecule has 0 aromatic heterocycles. The summed E-state index contributed by atoms with van der Waals surface area (Å²) in [6.07, 6.45) is 8.27.